The fourth-order valence-corrected chi connectivity index (χ4v) is 3.08. The van der Waals surface area contributed by atoms with Gasteiger partial charge in [-0.1, -0.05) is 18.2 Å². The van der Waals surface area contributed by atoms with E-state index in [2.05, 4.69) is 5.32 Å². The van der Waals surface area contributed by atoms with E-state index in [4.69, 9.17) is 5.73 Å². The predicted molar refractivity (Wildman–Crippen MR) is 67.7 cm³/mol. The van der Waals surface area contributed by atoms with E-state index in [1.165, 1.54) is 6.26 Å². The summed E-state index contributed by atoms with van der Waals surface area (Å²) in [6.45, 7) is -0.0945. The highest BCUT2D eigenvalue weighted by atomic mass is 32.2. The minimum Gasteiger partial charge on any atom is -0.345 e. The summed E-state index contributed by atoms with van der Waals surface area (Å²) in [4.78, 5) is 11.7. The van der Waals surface area contributed by atoms with Crippen molar-refractivity contribution in [1.29, 1.82) is 0 Å². The first-order valence-electron chi connectivity index (χ1n) is 5.70. The van der Waals surface area contributed by atoms with Crippen LogP contribution in [0.2, 0.25) is 0 Å². The molecule has 1 amide bonds. The van der Waals surface area contributed by atoms with Gasteiger partial charge >= 0.3 is 0 Å². The zero-order valence-corrected chi connectivity index (χ0v) is 11.0. The Hall–Kier alpha value is -1.40. The maximum Gasteiger partial charge on any atom is 0.234 e. The lowest BCUT2D eigenvalue weighted by molar-refractivity contribution is -0.120. The molecule has 0 aromatic heterocycles. The van der Waals surface area contributed by atoms with Crippen LogP contribution in [0.1, 0.15) is 18.4 Å². The Morgan fingerprint density at radius 3 is 2.50 bits per heavy atom. The molecule has 1 saturated carbocycles. The topological polar surface area (TPSA) is 89.3 Å². The van der Waals surface area contributed by atoms with Crippen LogP contribution in [0.25, 0.3) is 0 Å². The second kappa shape index (κ2) is 4.37. The Bertz CT molecular complexity index is 577. The van der Waals surface area contributed by atoms with Crippen LogP contribution in [0.5, 0.6) is 0 Å². The van der Waals surface area contributed by atoms with Gasteiger partial charge in [0.05, 0.1) is 17.0 Å². The molecule has 2 rings (SSSR count). The molecule has 1 aliphatic rings. The van der Waals surface area contributed by atoms with Gasteiger partial charge in [0.25, 0.3) is 0 Å². The van der Waals surface area contributed by atoms with E-state index in [-0.39, 0.29) is 17.3 Å². The van der Waals surface area contributed by atoms with Crippen LogP contribution in [0, 0.1) is 0 Å². The second-order valence-electron chi connectivity index (χ2n) is 4.60. The van der Waals surface area contributed by atoms with Crippen LogP contribution >= 0.6 is 0 Å². The average molecular weight is 268 g/mol. The maximum atomic E-state index is 11.7. The molecule has 18 heavy (non-hydrogen) atoms. The van der Waals surface area contributed by atoms with Crippen molar-refractivity contribution in [1.82, 2.24) is 5.32 Å². The van der Waals surface area contributed by atoms with Crippen molar-refractivity contribution >= 4 is 15.7 Å². The lowest BCUT2D eigenvalue weighted by Crippen LogP contribution is -2.39. The standard InChI is InChI=1S/C12H16N2O3S/c1-18(16,17)10-5-3-2-4-9(10)12(6-7-12)14-11(15)8-13/h2-5H,6-8,13H2,1H3,(H,14,15). The molecule has 1 aliphatic carbocycles. The van der Waals surface area contributed by atoms with Crippen LogP contribution < -0.4 is 11.1 Å². The van der Waals surface area contributed by atoms with E-state index < -0.39 is 15.4 Å². The Morgan fingerprint density at radius 1 is 1.39 bits per heavy atom. The first kappa shape index (κ1) is 13.0. The number of nitrogens with one attached hydrogen (secondary N) is 1. The van der Waals surface area contributed by atoms with Crippen LogP contribution in [-0.4, -0.2) is 27.1 Å². The minimum atomic E-state index is -3.30. The van der Waals surface area contributed by atoms with Crippen LogP contribution in [-0.2, 0) is 20.2 Å². The number of hydrogen-bond acceptors (Lipinski definition) is 4. The van der Waals surface area contributed by atoms with Crippen LogP contribution in [0.15, 0.2) is 29.2 Å². The summed E-state index contributed by atoms with van der Waals surface area (Å²) in [7, 11) is -3.30. The number of benzene rings is 1. The van der Waals surface area contributed by atoms with Crippen molar-refractivity contribution in [3.05, 3.63) is 29.8 Å². The Morgan fingerprint density at radius 2 is 2.00 bits per heavy atom. The summed E-state index contributed by atoms with van der Waals surface area (Å²) in [5.74, 6) is -0.268. The highest BCUT2D eigenvalue weighted by Crippen LogP contribution is 2.47. The summed E-state index contributed by atoms with van der Waals surface area (Å²) < 4.78 is 23.5. The SMILES string of the molecule is CS(=O)(=O)c1ccccc1C1(NC(=O)CN)CC1. The molecule has 3 N–H and O–H groups in total. The van der Waals surface area contributed by atoms with E-state index in [1.807, 2.05) is 0 Å². The van der Waals surface area contributed by atoms with E-state index in [0.29, 0.717) is 5.56 Å². The monoisotopic (exact) mass is 268 g/mol. The van der Waals surface area contributed by atoms with Crippen molar-refractivity contribution in [2.45, 2.75) is 23.3 Å². The molecule has 98 valence electrons. The van der Waals surface area contributed by atoms with E-state index in [9.17, 15) is 13.2 Å². The number of hydrogen-bond donors (Lipinski definition) is 2. The molecule has 0 spiro atoms. The Kier molecular flexibility index (Phi) is 3.16. The molecule has 0 aliphatic heterocycles. The maximum absolute atomic E-state index is 11.7. The molecule has 0 saturated heterocycles. The highest BCUT2D eigenvalue weighted by molar-refractivity contribution is 7.90. The zero-order valence-electron chi connectivity index (χ0n) is 10.1. The summed E-state index contributed by atoms with van der Waals surface area (Å²) >= 11 is 0. The van der Waals surface area contributed by atoms with Gasteiger partial charge in [-0.25, -0.2) is 8.42 Å². The van der Waals surface area contributed by atoms with Crippen molar-refractivity contribution in [3.63, 3.8) is 0 Å². The van der Waals surface area contributed by atoms with E-state index in [0.717, 1.165) is 12.8 Å². The van der Waals surface area contributed by atoms with Gasteiger partial charge in [-0.3, -0.25) is 4.79 Å². The Labute approximate surface area is 106 Å². The van der Waals surface area contributed by atoms with Crippen molar-refractivity contribution in [2.24, 2.45) is 5.73 Å². The molecule has 6 heteroatoms. The summed E-state index contributed by atoms with van der Waals surface area (Å²) in [5, 5.41) is 2.82. The molecule has 1 fully saturated rings. The van der Waals surface area contributed by atoms with Crippen molar-refractivity contribution in [3.8, 4) is 0 Å². The summed E-state index contributed by atoms with van der Waals surface area (Å²) in [6.07, 6.45) is 2.66. The molecular weight excluding hydrogens is 252 g/mol. The lowest BCUT2D eigenvalue weighted by Gasteiger charge is -2.20. The van der Waals surface area contributed by atoms with Gasteiger partial charge in [0.2, 0.25) is 5.91 Å². The number of rotatable bonds is 4. The quantitative estimate of drug-likeness (QED) is 0.813. The molecular formula is C12H16N2O3S. The molecule has 1 aromatic rings. The van der Waals surface area contributed by atoms with Crippen LogP contribution in [0.4, 0.5) is 0 Å². The fourth-order valence-electron chi connectivity index (χ4n) is 2.09. The number of carbonyl (C=O) groups excluding carboxylic acids is 1. The number of nitrogens with two attached hydrogens (primary N) is 1. The van der Waals surface area contributed by atoms with Gasteiger partial charge in [0, 0.05) is 6.26 Å². The molecule has 0 atom stereocenters. The number of amides is 1. The zero-order chi connectivity index (χ0) is 13.4. The normalized spacial score (nSPS) is 17.2. The van der Waals surface area contributed by atoms with E-state index in [1.54, 1.807) is 24.3 Å². The second-order valence-corrected chi connectivity index (χ2v) is 6.59. The van der Waals surface area contributed by atoms with E-state index >= 15 is 0 Å². The van der Waals surface area contributed by atoms with Crippen LogP contribution in [0.3, 0.4) is 0 Å². The smallest absolute Gasteiger partial charge is 0.234 e. The largest absolute Gasteiger partial charge is 0.345 e. The predicted octanol–water partition coefficient (Wildman–Crippen LogP) is 0.154. The van der Waals surface area contributed by atoms with Gasteiger partial charge in [0.15, 0.2) is 9.84 Å². The Balaban J connectivity index is 2.43. The molecule has 5 nitrogen and oxygen atoms in total. The molecule has 1 aromatic carbocycles. The van der Waals surface area contributed by atoms with Gasteiger partial charge in [-0.15, -0.1) is 0 Å². The third-order valence-corrected chi connectivity index (χ3v) is 4.27. The lowest BCUT2D eigenvalue weighted by atomic mass is 10.0. The van der Waals surface area contributed by atoms with Gasteiger partial charge < -0.3 is 11.1 Å². The third kappa shape index (κ3) is 2.39. The van der Waals surface area contributed by atoms with Gasteiger partial charge in [-0.2, -0.15) is 0 Å². The van der Waals surface area contributed by atoms with Gasteiger partial charge in [-0.05, 0) is 24.5 Å². The number of sulfone groups is 1. The molecule has 0 radical (unpaired) electrons. The average Bonchev–Trinajstić information content (AvgIpc) is 3.09. The third-order valence-electron chi connectivity index (χ3n) is 3.12. The summed E-state index contributed by atoms with van der Waals surface area (Å²) in [6, 6.07) is 6.78. The first-order valence-corrected chi connectivity index (χ1v) is 7.59. The summed E-state index contributed by atoms with van der Waals surface area (Å²) in [5.41, 5.74) is 5.39. The highest BCUT2D eigenvalue weighted by Gasteiger charge is 2.47. The van der Waals surface area contributed by atoms with Crippen molar-refractivity contribution < 1.29 is 13.2 Å². The van der Waals surface area contributed by atoms with Gasteiger partial charge in [0.1, 0.15) is 0 Å². The molecule has 0 bridgehead atoms. The minimum absolute atomic E-state index is 0.0945. The fraction of sp³-hybridized carbons (Fsp3) is 0.417. The number of carbonyl (C=O) groups is 1. The first-order chi connectivity index (χ1) is 8.39. The molecule has 0 unspecified atom stereocenters. The molecule has 0 heterocycles. The van der Waals surface area contributed by atoms with Crippen molar-refractivity contribution in [2.75, 3.05) is 12.8 Å².